The summed E-state index contributed by atoms with van der Waals surface area (Å²) in [6, 6.07) is 16.0. The van der Waals surface area contributed by atoms with Crippen LogP contribution in [0, 0.1) is 6.92 Å². The van der Waals surface area contributed by atoms with Crippen LogP contribution < -0.4 is 4.90 Å². The molecule has 0 spiro atoms. The van der Waals surface area contributed by atoms with Crippen molar-refractivity contribution in [2.24, 2.45) is 7.05 Å². The second kappa shape index (κ2) is 6.17. The van der Waals surface area contributed by atoms with E-state index in [9.17, 15) is 4.79 Å². The normalized spacial score (nSPS) is 16.4. The Kier molecular flexibility index (Phi) is 3.98. The molecule has 0 N–H and O–H groups in total. The standard InChI is InChI=1S/C20H16N2OS2/c1-13-7-3-5-9-16(13)22-19(23)18(25-20(22)24)11-14-12-21(2)17-10-6-4-8-15(14)17/h3-12H,1-2H3/b18-11-. The molecule has 3 aromatic rings. The van der Waals surface area contributed by atoms with Gasteiger partial charge in [0.1, 0.15) is 0 Å². The van der Waals surface area contributed by atoms with Gasteiger partial charge in [0, 0.05) is 29.7 Å². The molecule has 25 heavy (non-hydrogen) atoms. The number of carbonyl (C=O) groups is 1. The predicted octanol–water partition coefficient (Wildman–Crippen LogP) is 4.89. The number of rotatable bonds is 2. The Hall–Kier alpha value is -2.37. The molecule has 1 saturated heterocycles. The number of para-hydroxylation sites is 2. The molecule has 1 aliphatic rings. The molecule has 0 bridgehead atoms. The van der Waals surface area contributed by atoms with E-state index in [-0.39, 0.29) is 5.91 Å². The van der Waals surface area contributed by atoms with E-state index in [4.69, 9.17) is 12.2 Å². The smallest absolute Gasteiger partial charge is 0.270 e. The van der Waals surface area contributed by atoms with E-state index < -0.39 is 0 Å². The molecule has 5 heteroatoms. The fourth-order valence-corrected chi connectivity index (χ4v) is 4.39. The van der Waals surface area contributed by atoms with E-state index in [1.165, 1.54) is 11.8 Å². The number of fused-ring (bicyclic) bond motifs is 1. The van der Waals surface area contributed by atoms with Gasteiger partial charge in [-0.15, -0.1) is 0 Å². The van der Waals surface area contributed by atoms with Crippen molar-refractivity contribution >= 4 is 56.9 Å². The first kappa shape index (κ1) is 16.1. The quantitative estimate of drug-likeness (QED) is 0.478. The Labute approximate surface area is 155 Å². The lowest BCUT2D eigenvalue weighted by Crippen LogP contribution is -2.28. The first-order valence-corrected chi connectivity index (χ1v) is 9.16. The second-order valence-corrected chi connectivity index (χ2v) is 7.69. The largest absolute Gasteiger partial charge is 0.350 e. The Bertz CT molecular complexity index is 1050. The summed E-state index contributed by atoms with van der Waals surface area (Å²) >= 11 is 6.83. The highest BCUT2D eigenvalue weighted by atomic mass is 32.2. The van der Waals surface area contributed by atoms with Crippen molar-refractivity contribution in [1.82, 2.24) is 4.57 Å². The van der Waals surface area contributed by atoms with Crippen LogP contribution in [-0.2, 0) is 11.8 Å². The molecule has 3 nitrogen and oxygen atoms in total. The van der Waals surface area contributed by atoms with Crippen LogP contribution >= 0.6 is 24.0 Å². The Morgan fingerprint density at radius 2 is 1.80 bits per heavy atom. The molecular weight excluding hydrogens is 348 g/mol. The molecule has 1 fully saturated rings. The molecule has 0 aliphatic carbocycles. The number of amides is 1. The topological polar surface area (TPSA) is 25.2 Å². The Balaban J connectivity index is 1.77. The van der Waals surface area contributed by atoms with Gasteiger partial charge in [0.05, 0.1) is 10.6 Å². The summed E-state index contributed by atoms with van der Waals surface area (Å²) in [4.78, 5) is 15.2. The van der Waals surface area contributed by atoms with Crippen LogP contribution in [0.1, 0.15) is 11.1 Å². The number of benzene rings is 2. The summed E-state index contributed by atoms with van der Waals surface area (Å²) < 4.78 is 2.65. The van der Waals surface area contributed by atoms with Crippen molar-refractivity contribution in [3.8, 4) is 0 Å². The number of hydrogen-bond donors (Lipinski definition) is 0. The zero-order valence-electron chi connectivity index (χ0n) is 13.9. The molecule has 2 heterocycles. The lowest BCUT2D eigenvalue weighted by molar-refractivity contribution is -0.113. The molecule has 4 rings (SSSR count). The predicted molar refractivity (Wildman–Crippen MR) is 110 cm³/mol. The van der Waals surface area contributed by atoms with Crippen molar-refractivity contribution in [2.45, 2.75) is 6.92 Å². The van der Waals surface area contributed by atoms with Crippen molar-refractivity contribution < 1.29 is 4.79 Å². The number of thioether (sulfide) groups is 1. The van der Waals surface area contributed by atoms with E-state index in [1.54, 1.807) is 4.90 Å². The third kappa shape index (κ3) is 2.69. The SMILES string of the molecule is Cc1ccccc1N1C(=O)/C(=C/c2cn(C)c3ccccc23)SC1=S. The van der Waals surface area contributed by atoms with Gasteiger partial charge in [0.2, 0.25) is 0 Å². The molecule has 0 saturated carbocycles. The number of hydrogen-bond acceptors (Lipinski definition) is 3. The van der Waals surface area contributed by atoms with Gasteiger partial charge in [-0.3, -0.25) is 9.69 Å². The third-order valence-corrected chi connectivity index (χ3v) is 5.67. The maximum Gasteiger partial charge on any atom is 0.270 e. The number of aryl methyl sites for hydroxylation is 2. The fourth-order valence-electron chi connectivity index (χ4n) is 3.12. The van der Waals surface area contributed by atoms with Crippen LogP contribution in [0.15, 0.2) is 59.6 Å². The molecule has 0 unspecified atom stereocenters. The maximum absolute atomic E-state index is 13.0. The van der Waals surface area contributed by atoms with Crippen LogP contribution in [0.5, 0.6) is 0 Å². The number of anilines is 1. The molecule has 2 aromatic carbocycles. The summed E-state index contributed by atoms with van der Waals surface area (Å²) in [5.41, 5.74) is 4.06. The Morgan fingerprint density at radius 1 is 1.08 bits per heavy atom. The molecule has 1 aliphatic heterocycles. The monoisotopic (exact) mass is 364 g/mol. The highest BCUT2D eigenvalue weighted by Crippen LogP contribution is 2.38. The molecule has 0 atom stereocenters. The summed E-state index contributed by atoms with van der Waals surface area (Å²) in [5, 5.41) is 1.13. The first-order valence-electron chi connectivity index (χ1n) is 7.94. The zero-order valence-corrected chi connectivity index (χ0v) is 15.5. The second-order valence-electron chi connectivity index (χ2n) is 6.02. The molecule has 1 amide bonds. The van der Waals surface area contributed by atoms with Gasteiger partial charge in [0.15, 0.2) is 4.32 Å². The van der Waals surface area contributed by atoms with Gasteiger partial charge < -0.3 is 4.57 Å². The van der Waals surface area contributed by atoms with E-state index >= 15 is 0 Å². The average molecular weight is 364 g/mol. The molecule has 1 aromatic heterocycles. The molecular formula is C20H16N2OS2. The minimum Gasteiger partial charge on any atom is -0.350 e. The van der Waals surface area contributed by atoms with Crippen LogP contribution in [0.3, 0.4) is 0 Å². The highest BCUT2D eigenvalue weighted by molar-refractivity contribution is 8.27. The van der Waals surface area contributed by atoms with Crippen molar-refractivity contribution in [3.63, 3.8) is 0 Å². The van der Waals surface area contributed by atoms with E-state index in [1.807, 2.05) is 62.6 Å². The number of carbonyl (C=O) groups excluding carboxylic acids is 1. The number of aromatic nitrogens is 1. The van der Waals surface area contributed by atoms with Crippen LogP contribution in [0.2, 0.25) is 0 Å². The van der Waals surface area contributed by atoms with Crippen LogP contribution in [-0.4, -0.2) is 14.8 Å². The fraction of sp³-hybridized carbons (Fsp3) is 0.100. The van der Waals surface area contributed by atoms with Gasteiger partial charge in [-0.05, 0) is 30.7 Å². The zero-order chi connectivity index (χ0) is 17.6. The lowest BCUT2D eigenvalue weighted by Gasteiger charge is -2.16. The minimum absolute atomic E-state index is 0.0581. The average Bonchev–Trinajstić information content (AvgIpc) is 3.06. The van der Waals surface area contributed by atoms with Gasteiger partial charge in [-0.2, -0.15) is 0 Å². The van der Waals surface area contributed by atoms with Crippen LogP contribution in [0.25, 0.3) is 17.0 Å². The molecule has 0 radical (unpaired) electrons. The lowest BCUT2D eigenvalue weighted by atomic mass is 10.1. The maximum atomic E-state index is 13.0. The van der Waals surface area contributed by atoms with Crippen molar-refractivity contribution in [1.29, 1.82) is 0 Å². The Morgan fingerprint density at radius 3 is 2.60 bits per heavy atom. The first-order chi connectivity index (χ1) is 12.1. The summed E-state index contributed by atoms with van der Waals surface area (Å²) in [7, 11) is 2.01. The van der Waals surface area contributed by atoms with E-state index in [0.29, 0.717) is 9.23 Å². The van der Waals surface area contributed by atoms with Gasteiger partial charge in [-0.25, -0.2) is 0 Å². The van der Waals surface area contributed by atoms with Gasteiger partial charge in [0.25, 0.3) is 5.91 Å². The number of thiocarbonyl (C=S) groups is 1. The summed E-state index contributed by atoms with van der Waals surface area (Å²) in [5.74, 6) is -0.0581. The summed E-state index contributed by atoms with van der Waals surface area (Å²) in [6.07, 6.45) is 3.99. The van der Waals surface area contributed by atoms with E-state index in [2.05, 4.69) is 16.7 Å². The minimum atomic E-state index is -0.0581. The number of nitrogens with zero attached hydrogens (tertiary/aromatic N) is 2. The van der Waals surface area contributed by atoms with Gasteiger partial charge >= 0.3 is 0 Å². The van der Waals surface area contributed by atoms with Gasteiger partial charge in [-0.1, -0.05) is 60.4 Å². The van der Waals surface area contributed by atoms with Crippen molar-refractivity contribution in [2.75, 3.05) is 4.90 Å². The third-order valence-electron chi connectivity index (χ3n) is 4.36. The molecule has 124 valence electrons. The highest BCUT2D eigenvalue weighted by Gasteiger charge is 2.34. The van der Waals surface area contributed by atoms with E-state index in [0.717, 1.165) is 27.7 Å². The summed E-state index contributed by atoms with van der Waals surface area (Å²) in [6.45, 7) is 1.99. The van der Waals surface area contributed by atoms with Crippen LogP contribution in [0.4, 0.5) is 5.69 Å². The van der Waals surface area contributed by atoms with Crippen molar-refractivity contribution in [3.05, 3.63) is 70.8 Å².